The first kappa shape index (κ1) is 21.9. The number of pyridine rings is 1. The largest absolute Gasteiger partial charge is 0.480 e. The van der Waals surface area contributed by atoms with Crippen molar-refractivity contribution >= 4 is 28.0 Å². The van der Waals surface area contributed by atoms with Crippen molar-refractivity contribution in [1.29, 1.82) is 0 Å². The van der Waals surface area contributed by atoms with Gasteiger partial charge in [-0.05, 0) is 61.6 Å². The molecule has 0 atom stereocenters. The topological polar surface area (TPSA) is 66.9 Å². The van der Waals surface area contributed by atoms with E-state index in [1.165, 1.54) is 5.69 Å². The Morgan fingerprint density at radius 2 is 1.53 bits per heavy atom. The molecule has 0 N–H and O–H groups in total. The maximum atomic E-state index is 5.90. The molecule has 1 saturated heterocycles. The number of methoxy groups -OCH3 is 1. The van der Waals surface area contributed by atoms with Crippen LogP contribution < -0.4 is 19.3 Å². The fraction of sp³-hybridized carbons (Fsp3) is 0.269. The molecule has 1 fully saturated rings. The third-order valence-electron chi connectivity index (χ3n) is 6.18. The van der Waals surface area contributed by atoms with Crippen molar-refractivity contribution in [1.82, 2.24) is 19.9 Å². The lowest BCUT2D eigenvalue weighted by molar-refractivity contribution is 0.313. The molecule has 1 aliphatic rings. The molecule has 1 aliphatic heterocycles. The van der Waals surface area contributed by atoms with Crippen LogP contribution in [0.4, 0.5) is 17.1 Å². The predicted octanol–water partition coefficient (Wildman–Crippen LogP) is 4.35. The zero-order valence-corrected chi connectivity index (χ0v) is 19.7. The Balaban J connectivity index is 1.28. The average molecular weight is 457 g/mol. The van der Waals surface area contributed by atoms with E-state index < -0.39 is 0 Å². The van der Waals surface area contributed by atoms with Gasteiger partial charge in [0, 0.05) is 56.5 Å². The second kappa shape index (κ2) is 9.52. The Kier molecular flexibility index (Phi) is 6.14. The van der Waals surface area contributed by atoms with Crippen molar-refractivity contribution in [2.24, 2.45) is 0 Å². The molecular formula is C26H28N6O2. The van der Waals surface area contributed by atoms with Crippen LogP contribution in [0.3, 0.4) is 0 Å². The van der Waals surface area contributed by atoms with E-state index in [9.17, 15) is 0 Å². The van der Waals surface area contributed by atoms with Gasteiger partial charge in [0.1, 0.15) is 5.75 Å². The number of hydrogen-bond donors (Lipinski definition) is 0. The number of piperazine rings is 1. The highest BCUT2D eigenvalue weighted by molar-refractivity contribution is 5.82. The molecule has 0 radical (unpaired) electrons. The number of benzene rings is 2. The summed E-state index contributed by atoms with van der Waals surface area (Å²) in [4.78, 5) is 19.9. The Morgan fingerprint density at radius 3 is 2.21 bits per heavy atom. The fourth-order valence-electron chi connectivity index (χ4n) is 4.08. The number of fused-ring (bicyclic) bond motifs is 1. The molecule has 8 nitrogen and oxygen atoms in total. The molecule has 2 aromatic heterocycles. The lowest BCUT2D eigenvalue weighted by atomic mass is 10.2. The fourth-order valence-corrected chi connectivity index (χ4v) is 4.08. The molecular weight excluding hydrogens is 428 g/mol. The summed E-state index contributed by atoms with van der Waals surface area (Å²) in [7, 11) is 5.81. The molecule has 3 heterocycles. The van der Waals surface area contributed by atoms with Crippen molar-refractivity contribution in [3.8, 4) is 17.6 Å². The first-order chi connectivity index (χ1) is 16.6. The first-order valence-electron chi connectivity index (χ1n) is 11.3. The van der Waals surface area contributed by atoms with Crippen LogP contribution in [0.15, 0.2) is 67.0 Å². The van der Waals surface area contributed by atoms with E-state index in [1.54, 1.807) is 19.5 Å². The molecule has 0 spiro atoms. The van der Waals surface area contributed by atoms with Gasteiger partial charge in [0.15, 0.2) is 0 Å². The van der Waals surface area contributed by atoms with Crippen molar-refractivity contribution in [2.75, 3.05) is 57.2 Å². The van der Waals surface area contributed by atoms with Gasteiger partial charge in [0.2, 0.25) is 5.88 Å². The van der Waals surface area contributed by atoms with Gasteiger partial charge in [-0.3, -0.25) is 4.98 Å². The molecule has 5 rings (SSSR count). The van der Waals surface area contributed by atoms with E-state index >= 15 is 0 Å². The number of likely N-dealkylation sites (N-methyl/N-ethyl adjacent to an activating group) is 1. The van der Waals surface area contributed by atoms with E-state index in [1.807, 2.05) is 30.3 Å². The minimum atomic E-state index is 0.220. The molecule has 0 bridgehead atoms. The molecule has 34 heavy (non-hydrogen) atoms. The number of ether oxygens (including phenoxy) is 2. The van der Waals surface area contributed by atoms with E-state index in [-0.39, 0.29) is 6.01 Å². The van der Waals surface area contributed by atoms with Crippen LogP contribution in [0.2, 0.25) is 0 Å². The summed E-state index contributed by atoms with van der Waals surface area (Å²) in [5.74, 6) is 1.10. The summed E-state index contributed by atoms with van der Waals surface area (Å²) >= 11 is 0. The zero-order chi connectivity index (χ0) is 23.5. The number of nitrogens with zero attached hydrogens (tertiary/aromatic N) is 6. The van der Waals surface area contributed by atoms with E-state index in [4.69, 9.17) is 9.47 Å². The normalized spacial score (nSPS) is 14.3. The Hall–Kier alpha value is -3.91. The maximum Gasteiger partial charge on any atom is 0.325 e. The number of hydrogen-bond acceptors (Lipinski definition) is 8. The van der Waals surface area contributed by atoms with Crippen LogP contribution in [0.25, 0.3) is 10.9 Å². The molecule has 0 saturated carbocycles. The number of aromatic nitrogens is 3. The second-order valence-corrected chi connectivity index (χ2v) is 8.37. The molecule has 0 amide bonds. The number of rotatable bonds is 6. The predicted molar refractivity (Wildman–Crippen MR) is 135 cm³/mol. The first-order valence-corrected chi connectivity index (χ1v) is 11.3. The molecule has 4 aromatic rings. The van der Waals surface area contributed by atoms with Crippen LogP contribution >= 0.6 is 0 Å². The zero-order valence-electron chi connectivity index (χ0n) is 19.7. The van der Waals surface area contributed by atoms with Gasteiger partial charge in [-0.2, -0.15) is 9.97 Å². The highest BCUT2D eigenvalue weighted by Gasteiger charge is 2.15. The summed E-state index contributed by atoms with van der Waals surface area (Å²) < 4.78 is 11.3. The molecule has 0 unspecified atom stereocenters. The minimum Gasteiger partial charge on any atom is -0.480 e. The molecule has 0 aliphatic carbocycles. The highest BCUT2D eigenvalue weighted by atomic mass is 16.5. The van der Waals surface area contributed by atoms with Gasteiger partial charge < -0.3 is 24.2 Å². The average Bonchev–Trinajstić information content (AvgIpc) is 2.89. The highest BCUT2D eigenvalue weighted by Crippen LogP contribution is 2.30. The van der Waals surface area contributed by atoms with Gasteiger partial charge in [0.05, 0.1) is 24.2 Å². The van der Waals surface area contributed by atoms with Crippen molar-refractivity contribution < 1.29 is 9.47 Å². The smallest absolute Gasteiger partial charge is 0.325 e. The maximum absolute atomic E-state index is 5.90. The van der Waals surface area contributed by atoms with Crippen LogP contribution in [-0.4, -0.2) is 67.2 Å². The van der Waals surface area contributed by atoms with Crippen LogP contribution in [0.1, 0.15) is 0 Å². The quantitative estimate of drug-likeness (QED) is 0.424. The molecule has 2 aromatic carbocycles. The van der Waals surface area contributed by atoms with Crippen LogP contribution in [0.5, 0.6) is 17.6 Å². The Labute approximate surface area is 199 Å². The van der Waals surface area contributed by atoms with Crippen molar-refractivity contribution in [3.05, 3.63) is 67.0 Å². The monoisotopic (exact) mass is 456 g/mol. The summed E-state index contributed by atoms with van der Waals surface area (Å²) in [5, 5.41) is 0.792. The molecule has 174 valence electrons. The van der Waals surface area contributed by atoms with Gasteiger partial charge in [-0.1, -0.05) is 0 Å². The van der Waals surface area contributed by atoms with Gasteiger partial charge in [0.25, 0.3) is 0 Å². The summed E-state index contributed by atoms with van der Waals surface area (Å²) in [5.41, 5.74) is 4.12. The Morgan fingerprint density at radius 1 is 0.853 bits per heavy atom. The Bertz CT molecular complexity index is 1250. The summed E-state index contributed by atoms with van der Waals surface area (Å²) in [6.07, 6.45) is 3.35. The lowest BCUT2D eigenvalue weighted by Gasteiger charge is -2.34. The molecule has 8 heteroatoms. The SMILES string of the molecule is COc1nc(Oc2ccc(N(C)c3ccc(N4CCN(C)CC4)cc3)cc2)nc2cnccc12. The standard InChI is InChI=1S/C26H28N6O2/c1-30-14-16-32(17-15-30)21-6-4-19(5-7-21)31(2)20-8-10-22(11-9-20)34-26-28-24-18-27-13-12-23(24)25(29-26)33-3/h4-13,18H,14-17H2,1-3H3. The van der Waals surface area contributed by atoms with Crippen LogP contribution in [0, 0.1) is 0 Å². The van der Waals surface area contributed by atoms with E-state index in [0.29, 0.717) is 17.1 Å². The number of anilines is 3. The van der Waals surface area contributed by atoms with E-state index in [0.717, 1.165) is 42.9 Å². The van der Waals surface area contributed by atoms with Gasteiger partial charge >= 0.3 is 6.01 Å². The minimum absolute atomic E-state index is 0.220. The third kappa shape index (κ3) is 4.58. The van der Waals surface area contributed by atoms with Crippen molar-refractivity contribution in [3.63, 3.8) is 0 Å². The van der Waals surface area contributed by atoms with Crippen LogP contribution in [-0.2, 0) is 0 Å². The third-order valence-corrected chi connectivity index (χ3v) is 6.18. The van der Waals surface area contributed by atoms with Gasteiger partial charge in [-0.25, -0.2) is 0 Å². The summed E-state index contributed by atoms with van der Waals surface area (Å²) in [6, 6.07) is 18.6. The van der Waals surface area contributed by atoms with Crippen molar-refractivity contribution in [2.45, 2.75) is 0 Å². The van der Waals surface area contributed by atoms with Gasteiger partial charge in [-0.15, -0.1) is 0 Å². The second-order valence-electron chi connectivity index (χ2n) is 8.37. The summed E-state index contributed by atoms with van der Waals surface area (Å²) in [6.45, 7) is 4.33. The lowest BCUT2D eigenvalue weighted by Crippen LogP contribution is -2.44. The van der Waals surface area contributed by atoms with E-state index in [2.05, 4.69) is 68.0 Å².